The van der Waals surface area contributed by atoms with Crippen molar-refractivity contribution in [2.45, 2.75) is 27.1 Å². The molecule has 0 bridgehead atoms. The van der Waals surface area contributed by atoms with E-state index in [2.05, 4.69) is 127 Å². The van der Waals surface area contributed by atoms with Crippen molar-refractivity contribution in [1.82, 2.24) is 0 Å². The van der Waals surface area contributed by atoms with E-state index in [0.717, 1.165) is 46.9 Å². The summed E-state index contributed by atoms with van der Waals surface area (Å²) in [7, 11) is 0. The molecule has 0 aromatic heterocycles. The van der Waals surface area contributed by atoms with E-state index in [-0.39, 0.29) is 0 Å². The zero-order valence-electron chi connectivity index (χ0n) is 13.4. The van der Waals surface area contributed by atoms with Gasteiger partial charge in [0.15, 0.2) is 0 Å². The molecule has 0 heterocycles. The van der Waals surface area contributed by atoms with Crippen LogP contribution in [-0.4, -0.2) is 6.29 Å². The van der Waals surface area contributed by atoms with Crippen LogP contribution in [0.1, 0.15) is 18.1 Å². The Balaban J connectivity index is 2.39. The average Bonchev–Trinajstić information content (AvgIpc) is 2.62. The molecule has 0 aliphatic heterocycles. The van der Waals surface area contributed by atoms with Crippen molar-refractivity contribution in [3.8, 4) is 11.5 Å². The lowest BCUT2D eigenvalue weighted by Gasteiger charge is -2.23. The summed E-state index contributed by atoms with van der Waals surface area (Å²) in [4.78, 5) is 0. The molecule has 0 aliphatic carbocycles. The Labute approximate surface area is 219 Å². The van der Waals surface area contributed by atoms with E-state index >= 15 is 0 Å². The Bertz CT molecular complexity index is 752. The highest BCUT2D eigenvalue weighted by atomic mass is 79.9. The van der Waals surface area contributed by atoms with E-state index in [9.17, 15) is 0 Å². The summed E-state index contributed by atoms with van der Waals surface area (Å²) in [6.45, 7) is 5.80. The molecule has 2 aromatic carbocycles. The van der Waals surface area contributed by atoms with Crippen LogP contribution in [0.4, 0.5) is 0 Å². The SMILES string of the molecule is Cc1c(Br)c(Br)c(Br)c(Br)c1OC(C)Oc1c(C)c(Br)c(Br)c(Br)c1Br. The second-order valence-electron chi connectivity index (χ2n) is 5.22. The average molecular weight is 873 g/mol. The van der Waals surface area contributed by atoms with Crippen molar-refractivity contribution < 1.29 is 9.47 Å². The highest BCUT2D eigenvalue weighted by Crippen LogP contribution is 2.48. The summed E-state index contributed by atoms with van der Waals surface area (Å²) >= 11 is 28.5. The minimum Gasteiger partial charge on any atom is -0.454 e. The second-order valence-corrected chi connectivity index (χ2v) is 11.6. The van der Waals surface area contributed by atoms with Gasteiger partial charge >= 0.3 is 0 Å². The molecule has 0 fully saturated rings. The first-order chi connectivity index (χ1) is 12.0. The monoisotopic (exact) mass is 865 g/mol. The lowest BCUT2D eigenvalue weighted by atomic mass is 10.2. The van der Waals surface area contributed by atoms with Crippen molar-refractivity contribution in [2.24, 2.45) is 0 Å². The van der Waals surface area contributed by atoms with Crippen LogP contribution in [0.15, 0.2) is 35.8 Å². The van der Waals surface area contributed by atoms with Crippen LogP contribution in [0.25, 0.3) is 0 Å². The molecule has 0 aliphatic rings. The van der Waals surface area contributed by atoms with E-state index in [1.54, 1.807) is 0 Å². The summed E-state index contributed by atoms with van der Waals surface area (Å²) in [5, 5.41) is 0. The fraction of sp³-hybridized carbons (Fsp3) is 0.250. The molecule has 0 unspecified atom stereocenters. The Morgan fingerprint density at radius 1 is 0.500 bits per heavy atom. The van der Waals surface area contributed by atoms with E-state index in [1.807, 2.05) is 20.8 Å². The van der Waals surface area contributed by atoms with Gasteiger partial charge in [-0.1, -0.05) is 0 Å². The van der Waals surface area contributed by atoms with Gasteiger partial charge in [-0.15, -0.1) is 0 Å². The van der Waals surface area contributed by atoms with Crippen LogP contribution in [0.5, 0.6) is 11.5 Å². The first-order valence-electron chi connectivity index (χ1n) is 6.97. The van der Waals surface area contributed by atoms with Crippen molar-refractivity contribution in [3.63, 3.8) is 0 Å². The first-order valence-corrected chi connectivity index (χ1v) is 13.3. The topological polar surface area (TPSA) is 18.5 Å². The fourth-order valence-electron chi connectivity index (χ4n) is 2.08. The van der Waals surface area contributed by atoms with Crippen LogP contribution < -0.4 is 9.47 Å². The molecule has 0 saturated carbocycles. The molecular weight excluding hydrogens is 863 g/mol. The minimum atomic E-state index is -0.528. The van der Waals surface area contributed by atoms with Gasteiger partial charge < -0.3 is 9.47 Å². The highest BCUT2D eigenvalue weighted by molar-refractivity contribution is 9.15. The molecule has 0 saturated heterocycles. The first kappa shape index (κ1) is 24.2. The van der Waals surface area contributed by atoms with Gasteiger partial charge in [-0.3, -0.25) is 0 Å². The minimum absolute atomic E-state index is 0.528. The molecule has 10 heteroatoms. The third-order valence-electron chi connectivity index (χ3n) is 3.46. The van der Waals surface area contributed by atoms with Crippen LogP contribution in [0, 0.1) is 13.8 Å². The summed E-state index contributed by atoms with van der Waals surface area (Å²) in [6.07, 6.45) is -0.528. The zero-order valence-corrected chi connectivity index (χ0v) is 26.1. The van der Waals surface area contributed by atoms with Crippen LogP contribution in [0.3, 0.4) is 0 Å². The third kappa shape index (κ3) is 4.78. The van der Waals surface area contributed by atoms with Gasteiger partial charge in [-0.05, 0) is 141 Å². The molecule has 2 rings (SSSR count). The molecule has 0 amide bonds. The van der Waals surface area contributed by atoms with Crippen molar-refractivity contribution >= 4 is 127 Å². The molecule has 142 valence electrons. The summed E-state index contributed by atoms with van der Waals surface area (Å²) in [5.41, 5.74) is 1.91. The van der Waals surface area contributed by atoms with E-state index in [4.69, 9.17) is 9.47 Å². The van der Waals surface area contributed by atoms with E-state index in [1.165, 1.54) is 0 Å². The molecule has 2 aromatic rings. The quantitative estimate of drug-likeness (QED) is 0.173. The van der Waals surface area contributed by atoms with E-state index in [0.29, 0.717) is 11.5 Å². The number of hydrogen-bond acceptors (Lipinski definition) is 2. The van der Waals surface area contributed by atoms with Crippen LogP contribution >= 0.6 is 127 Å². The van der Waals surface area contributed by atoms with Gasteiger partial charge in [-0.25, -0.2) is 0 Å². The maximum Gasteiger partial charge on any atom is 0.238 e. The smallest absolute Gasteiger partial charge is 0.238 e. The second kappa shape index (κ2) is 9.79. The van der Waals surface area contributed by atoms with Gasteiger partial charge in [0.05, 0.1) is 17.9 Å². The number of halogens is 8. The van der Waals surface area contributed by atoms with Gasteiger partial charge in [0.25, 0.3) is 0 Å². The van der Waals surface area contributed by atoms with Gasteiger partial charge in [0.2, 0.25) is 6.29 Å². The fourth-order valence-corrected chi connectivity index (χ4v) is 6.83. The largest absolute Gasteiger partial charge is 0.454 e. The van der Waals surface area contributed by atoms with E-state index < -0.39 is 6.29 Å². The molecule has 0 spiro atoms. The summed E-state index contributed by atoms with van der Waals surface area (Å²) < 4.78 is 19.2. The standard InChI is InChI=1S/C16H10Br8O2/c1-4-7(17)9(19)11(21)13(23)15(4)25-6(3)26-16-5(2)8(18)10(20)12(22)14(16)24/h6H,1-3H3. The Morgan fingerprint density at radius 2 is 0.769 bits per heavy atom. The number of benzene rings is 2. The Kier molecular flexibility index (Phi) is 9.10. The van der Waals surface area contributed by atoms with Crippen molar-refractivity contribution in [2.75, 3.05) is 0 Å². The molecular formula is C16H10Br8O2. The predicted molar refractivity (Wildman–Crippen MR) is 135 cm³/mol. The molecule has 26 heavy (non-hydrogen) atoms. The maximum atomic E-state index is 6.10. The predicted octanol–water partition coefficient (Wildman–Crippen LogP) is 10.2. The highest BCUT2D eigenvalue weighted by Gasteiger charge is 2.23. The third-order valence-corrected chi connectivity index (χ3v) is 13.3. The van der Waals surface area contributed by atoms with Crippen molar-refractivity contribution in [3.05, 3.63) is 46.9 Å². The number of ether oxygens (including phenoxy) is 2. The molecule has 2 nitrogen and oxygen atoms in total. The Hall–Kier alpha value is 1.88. The molecule has 0 atom stereocenters. The lowest BCUT2D eigenvalue weighted by molar-refractivity contribution is 0.0197. The number of rotatable bonds is 4. The lowest BCUT2D eigenvalue weighted by Crippen LogP contribution is -2.21. The van der Waals surface area contributed by atoms with Gasteiger partial charge in [0, 0.05) is 35.9 Å². The zero-order chi connectivity index (χ0) is 19.9. The van der Waals surface area contributed by atoms with Crippen molar-refractivity contribution in [1.29, 1.82) is 0 Å². The number of hydrogen-bond donors (Lipinski definition) is 0. The summed E-state index contributed by atoms with van der Waals surface area (Å²) in [5.74, 6) is 1.40. The Morgan fingerprint density at radius 3 is 1.08 bits per heavy atom. The van der Waals surface area contributed by atoms with Crippen LogP contribution in [0.2, 0.25) is 0 Å². The van der Waals surface area contributed by atoms with Gasteiger partial charge in [0.1, 0.15) is 11.5 Å². The van der Waals surface area contributed by atoms with Crippen LogP contribution in [-0.2, 0) is 0 Å². The summed E-state index contributed by atoms with van der Waals surface area (Å²) in [6, 6.07) is 0. The molecule has 0 radical (unpaired) electrons. The van der Waals surface area contributed by atoms with Gasteiger partial charge in [-0.2, -0.15) is 0 Å². The maximum absolute atomic E-state index is 6.10. The molecule has 0 N–H and O–H groups in total. The normalized spacial score (nSPS) is 11.2.